The number of benzene rings is 1. The number of aromatic nitrogens is 2. The largest absolute Gasteiger partial charge is 0.330 e. The smallest absolute Gasteiger partial charge is 0.274 e. The zero-order valence-electron chi connectivity index (χ0n) is 15.0. The van der Waals surface area contributed by atoms with Crippen LogP contribution < -0.4 is 5.32 Å². The molecule has 5 rings (SSSR count). The van der Waals surface area contributed by atoms with Crippen LogP contribution in [-0.2, 0) is 0 Å². The van der Waals surface area contributed by atoms with Crippen LogP contribution in [0.4, 0.5) is 0 Å². The molecule has 2 saturated heterocycles. The Morgan fingerprint density at radius 2 is 1.93 bits per heavy atom. The van der Waals surface area contributed by atoms with E-state index in [-0.39, 0.29) is 11.9 Å². The predicted octanol–water partition coefficient (Wildman–Crippen LogP) is 3.57. The molecule has 4 heterocycles. The van der Waals surface area contributed by atoms with Crippen LogP contribution in [0.5, 0.6) is 0 Å². The SMILES string of the molecule is O=C(c1cc(-c2cccs2)n(-c2ccccc2)n1)N1C2CCNCC1CC2. The van der Waals surface area contributed by atoms with Crippen LogP contribution in [0.2, 0.25) is 0 Å². The van der Waals surface area contributed by atoms with Gasteiger partial charge in [-0.25, -0.2) is 4.68 Å². The molecular formula is C21H22N4OS. The van der Waals surface area contributed by atoms with Gasteiger partial charge in [0.1, 0.15) is 0 Å². The summed E-state index contributed by atoms with van der Waals surface area (Å²) >= 11 is 1.67. The zero-order chi connectivity index (χ0) is 18.2. The number of nitrogens with zero attached hydrogens (tertiary/aromatic N) is 3. The molecule has 0 spiro atoms. The molecule has 1 amide bonds. The molecule has 2 aromatic heterocycles. The van der Waals surface area contributed by atoms with Crippen molar-refractivity contribution in [1.82, 2.24) is 20.0 Å². The van der Waals surface area contributed by atoms with E-state index >= 15 is 0 Å². The quantitative estimate of drug-likeness (QED) is 0.758. The first-order chi connectivity index (χ1) is 13.3. The van der Waals surface area contributed by atoms with Crippen molar-refractivity contribution in [3.63, 3.8) is 0 Å². The first-order valence-corrected chi connectivity index (χ1v) is 10.4. The van der Waals surface area contributed by atoms with E-state index in [0.717, 1.165) is 48.6 Å². The number of carbonyl (C=O) groups excluding carboxylic acids is 1. The average molecular weight is 379 g/mol. The van der Waals surface area contributed by atoms with Crippen molar-refractivity contribution in [2.75, 3.05) is 13.1 Å². The molecule has 27 heavy (non-hydrogen) atoms. The number of hydrogen-bond donors (Lipinski definition) is 1. The van der Waals surface area contributed by atoms with Gasteiger partial charge in [-0.15, -0.1) is 11.3 Å². The third-order valence-corrected chi connectivity index (χ3v) is 6.48. The highest BCUT2D eigenvalue weighted by molar-refractivity contribution is 7.13. The molecular weight excluding hydrogens is 356 g/mol. The molecule has 1 N–H and O–H groups in total. The Labute approximate surface area is 162 Å². The summed E-state index contributed by atoms with van der Waals surface area (Å²) in [6, 6.07) is 16.7. The van der Waals surface area contributed by atoms with Gasteiger partial charge in [0.25, 0.3) is 5.91 Å². The maximum atomic E-state index is 13.4. The maximum absolute atomic E-state index is 13.4. The Kier molecular flexibility index (Phi) is 4.30. The van der Waals surface area contributed by atoms with Crippen molar-refractivity contribution in [1.29, 1.82) is 0 Å². The van der Waals surface area contributed by atoms with Crippen molar-refractivity contribution in [3.05, 3.63) is 59.6 Å². The summed E-state index contributed by atoms with van der Waals surface area (Å²) in [7, 11) is 0. The Balaban J connectivity index is 1.56. The van der Waals surface area contributed by atoms with Crippen LogP contribution in [0, 0.1) is 0 Å². The first kappa shape index (κ1) is 16.7. The van der Waals surface area contributed by atoms with E-state index in [1.54, 1.807) is 11.3 Å². The minimum Gasteiger partial charge on any atom is -0.330 e. The van der Waals surface area contributed by atoms with E-state index < -0.39 is 0 Å². The number of rotatable bonds is 3. The lowest BCUT2D eigenvalue weighted by molar-refractivity contribution is 0.0673. The molecule has 0 saturated carbocycles. The predicted molar refractivity (Wildman–Crippen MR) is 107 cm³/mol. The summed E-state index contributed by atoms with van der Waals surface area (Å²) in [6.45, 7) is 1.88. The van der Waals surface area contributed by atoms with Crippen LogP contribution in [0.25, 0.3) is 16.3 Å². The van der Waals surface area contributed by atoms with Gasteiger partial charge in [-0.05, 0) is 55.5 Å². The van der Waals surface area contributed by atoms with Crippen LogP contribution in [0.3, 0.4) is 0 Å². The summed E-state index contributed by atoms with van der Waals surface area (Å²) in [6.07, 6.45) is 3.22. The van der Waals surface area contributed by atoms with Gasteiger partial charge in [-0.1, -0.05) is 24.3 Å². The van der Waals surface area contributed by atoms with Gasteiger partial charge in [-0.3, -0.25) is 4.79 Å². The highest BCUT2D eigenvalue weighted by Crippen LogP contribution is 2.32. The van der Waals surface area contributed by atoms with Gasteiger partial charge in [0.15, 0.2) is 5.69 Å². The molecule has 2 aliphatic rings. The van der Waals surface area contributed by atoms with Crippen molar-refractivity contribution in [2.45, 2.75) is 31.3 Å². The van der Waals surface area contributed by atoms with Gasteiger partial charge in [0, 0.05) is 18.6 Å². The molecule has 1 aromatic carbocycles. The summed E-state index contributed by atoms with van der Waals surface area (Å²) < 4.78 is 1.90. The van der Waals surface area contributed by atoms with Crippen LogP contribution >= 0.6 is 11.3 Å². The lowest BCUT2D eigenvalue weighted by atomic mass is 10.1. The molecule has 0 aliphatic carbocycles. The normalized spacial score (nSPS) is 22.0. The van der Waals surface area contributed by atoms with Crippen LogP contribution in [-0.4, -0.2) is 45.8 Å². The third-order valence-electron chi connectivity index (χ3n) is 5.59. The molecule has 2 unspecified atom stereocenters. The average Bonchev–Trinajstić information content (AvgIpc) is 3.39. The van der Waals surface area contributed by atoms with Crippen molar-refractivity contribution in [2.24, 2.45) is 0 Å². The molecule has 138 valence electrons. The van der Waals surface area contributed by atoms with Crippen molar-refractivity contribution >= 4 is 17.2 Å². The van der Waals surface area contributed by atoms with E-state index in [4.69, 9.17) is 5.10 Å². The topological polar surface area (TPSA) is 50.2 Å². The number of para-hydroxylation sites is 1. The lowest BCUT2D eigenvalue weighted by Gasteiger charge is -2.27. The zero-order valence-corrected chi connectivity index (χ0v) is 15.9. The molecule has 2 bridgehead atoms. The summed E-state index contributed by atoms with van der Waals surface area (Å²) in [5, 5.41) is 10.3. The van der Waals surface area contributed by atoms with E-state index in [0.29, 0.717) is 11.7 Å². The van der Waals surface area contributed by atoms with E-state index in [9.17, 15) is 4.79 Å². The monoisotopic (exact) mass is 378 g/mol. The Morgan fingerprint density at radius 3 is 2.74 bits per heavy atom. The van der Waals surface area contributed by atoms with Crippen molar-refractivity contribution in [3.8, 4) is 16.3 Å². The third kappa shape index (κ3) is 2.99. The molecule has 3 aromatic rings. The van der Waals surface area contributed by atoms with Gasteiger partial charge in [0.2, 0.25) is 0 Å². The maximum Gasteiger partial charge on any atom is 0.274 e. The number of hydrogen-bond acceptors (Lipinski definition) is 4. The highest BCUT2D eigenvalue weighted by Gasteiger charge is 2.39. The van der Waals surface area contributed by atoms with Crippen LogP contribution in [0.15, 0.2) is 53.9 Å². The fraction of sp³-hybridized carbons (Fsp3) is 0.333. The minimum atomic E-state index is 0.0682. The first-order valence-electron chi connectivity index (χ1n) is 9.54. The van der Waals surface area contributed by atoms with Crippen LogP contribution in [0.1, 0.15) is 29.8 Å². The summed E-state index contributed by atoms with van der Waals surface area (Å²) in [5.74, 6) is 0.0682. The minimum absolute atomic E-state index is 0.0682. The standard InChI is InChI=1S/C21H22N4OS/c26-21(24-15-8-9-17(24)14-22-11-10-15)18-13-19(20-7-4-12-27-20)25(23-18)16-5-2-1-3-6-16/h1-7,12-13,15,17,22H,8-11,14H2. The molecule has 2 aliphatic heterocycles. The number of fused-ring (bicyclic) bond motifs is 2. The second-order valence-corrected chi connectivity index (χ2v) is 8.18. The number of amides is 1. The Bertz CT molecular complexity index is 921. The molecule has 0 radical (unpaired) electrons. The Morgan fingerprint density at radius 1 is 1.07 bits per heavy atom. The Hall–Kier alpha value is -2.44. The highest BCUT2D eigenvalue weighted by atomic mass is 32.1. The van der Waals surface area contributed by atoms with Crippen molar-refractivity contribution < 1.29 is 4.79 Å². The molecule has 5 nitrogen and oxygen atoms in total. The lowest BCUT2D eigenvalue weighted by Crippen LogP contribution is -2.42. The summed E-state index contributed by atoms with van der Waals surface area (Å²) in [5.41, 5.74) is 2.49. The van der Waals surface area contributed by atoms with Gasteiger partial charge >= 0.3 is 0 Å². The fourth-order valence-corrected chi connectivity index (χ4v) is 5.02. The number of nitrogens with one attached hydrogen (secondary N) is 1. The van der Waals surface area contributed by atoms with E-state index in [1.807, 2.05) is 47.1 Å². The molecule has 6 heteroatoms. The second-order valence-electron chi connectivity index (χ2n) is 7.23. The fourth-order valence-electron chi connectivity index (χ4n) is 4.30. The molecule has 2 fully saturated rings. The molecule has 2 atom stereocenters. The van der Waals surface area contributed by atoms with Gasteiger partial charge in [-0.2, -0.15) is 5.10 Å². The van der Waals surface area contributed by atoms with Gasteiger partial charge < -0.3 is 10.2 Å². The van der Waals surface area contributed by atoms with Gasteiger partial charge in [0.05, 0.1) is 16.3 Å². The number of carbonyl (C=O) groups is 1. The summed E-state index contributed by atoms with van der Waals surface area (Å²) in [4.78, 5) is 16.6. The van der Waals surface area contributed by atoms with E-state index in [2.05, 4.69) is 21.7 Å². The second kappa shape index (κ2) is 6.94. The number of thiophene rings is 1. The van der Waals surface area contributed by atoms with E-state index in [1.165, 1.54) is 0 Å².